The Morgan fingerprint density at radius 1 is 1.06 bits per heavy atom. The predicted octanol–water partition coefficient (Wildman–Crippen LogP) is 2.18. The molecule has 1 aliphatic rings. The van der Waals surface area contributed by atoms with Gasteiger partial charge < -0.3 is 10.2 Å². The van der Waals surface area contributed by atoms with Crippen LogP contribution >= 0.6 is 0 Å². The summed E-state index contributed by atoms with van der Waals surface area (Å²) in [6.07, 6.45) is 4.84. The fraction of sp³-hybridized carbons (Fsp3) is 0.533. The molecule has 1 N–H and O–H groups in total. The van der Waals surface area contributed by atoms with Crippen molar-refractivity contribution in [2.45, 2.75) is 32.2 Å². The van der Waals surface area contributed by atoms with E-state index in [9.17, 15) is 4.79 Å². The molecule has 1 aromatic carbocycles. The van der Waals surface area contributed by atoms with Gasteiger partial charge in [0.2, 0.25) is 5.91 Å². The number of benzene rings is 1. The lowest BCUT2D eigenvalue weighted by molar-refractivity contribution is -0.130. The standard InChI is InChI=1S/C15H22N2O/c18-15(17-10-6-1-2-7-11-17)13-16-12-14-8-4-3-5-9-14/h3-5,8-9,16H,1-2,6-7,10-13H2. The number of hydrogen-bond donors (Lipinski definition) is 1. The van der Waals surface area contributed by atoms with Crippen LogP contribution in [0.3, 0.4) is 0 Å². The second kappa shape index (κ2) is 7.17. The van der Waals surface area contributed by atoms with Gasteiger partial charge in [-0.3, -0.25) is 4.79 Å². The van der Waals surface area contributed by atoms with Crippen LogP contribution in [0.1, 0.15) is 31.2 Å². The van der Waals surface area contributed by atoms with Crippen molar-refractivity contribution in [3.05, 3.63) is 35.9 Å². The lowest BCUT2D eigenvalue weighted by atomic mass is 10.2. The van der Waals surface area contributed by atoms with Gasteiger partial charge in [0.05, 0.1) is 6.54 Å². The van der Waals surface area contributed by atoms with Crippen LogP contribution in [0.5, 0.6) is 0 Å². The first-order valence-electron chi connectivity index (χ1n) is 6.89. The van der Waals surface area contributed by atoms with Crippen molar-refractivity contribution in [2.75, 3.05) is 19.6 Å². The van der Waals surface area contributed by atoms with E-state index in [-0.39, 0.29) is 5.91 Å². The topological polar surface area (TPSA) is 32.3 Å². The SMILES string of the molecule is O=C(CNCc1ccccc1)N1CCCCCC1. The van der Waals surface area contributed by atoms with Gasteiger partial charge in [0.25, 0.3) is 0 Å². The third-order valence-corrected chi connectivity index (χ3v) is 3.41. The van der Waals surface area contributed by atoms with Crippen molar-refractivity contribution in [2.24, 2.45) is 0 Å². The summed E-state index contributed by atoms with van der Waals surface area (Å²) in [5, 5.41) is 3.23. The van der Waals surface area contributed by atoms with Gasteiger partial charge in [-0.25, -0.2) is 0 Å². The lowest BCUT2D eigenvalue weighted by Crippen LogP contribution is -2.38. The van der Waals surface area contributed by atoms with E-state index in [4.69, 9.17) is 0 Å². The quantitative estimate of drug-likeness (QED) is 0.883. The summed E-state index contributed by atoms with van der Waals surface area (Å²) in [7, 11) is 0. The Balaban J connectivity index is 1.71. The fourth-order valence-electron chi connectivity index (χ4n) is 2.34. The van der Waals surface area contributed by atoms with E-state index >= 15 is 0 Å². The van der Waals surface area contributed by atoms with Crippen LogP contribution in [0.25, 0.3) is 0 Å². The predicted molar refractivity (Wildman–Crippen MR) is 73.2 cm³/mol. The normalized spacial score (nSPS) is 16.3. The van der Waals surface area contributed by atoms with Crippen molar-refractivity contribution in [3.8, 4) is 0 Å². The van der Waals surface area contributed by atoms with Crippen LogP contribution in [0.4, 0.5) is 0 Å². The van der Waals surface area contributed by atoms with Crippen molar-refractivity contribution < 1.29 is 4.79 Å². The van der Waals surface area contributed by atoms with Gasteiger partial charge in [-0.1, -0.05) is 43.2 Å². The van der Waals surface area contributed by atoms with E-state index < -0.39 is 0 Å². The minimum absolute atomic E-state index is 0.243. The first kappa shape index (κ1) is 13.1. The smallest absolute Gasteiger partial charge is 0.236 e. The average molecular weight is 246 g/mol. The number of hydrogen-bond acceptors (Lipinski definition) is 2. The third-order valence-electron chi connectivity index (χ3n) is 3.41. The summed E-state index contributed by atoms with van der Waals surface area (Å²) in [5.74, 6) is 0.243. The zero-order valence-electron chi connectivity index (χ0n) is 10.9. The van der Waals surface area contributed by atoms with Crippen molar-refractivity contribution in [1.29, 1.82) is 0 Å². The zero-order valence-corrected chi connectivity index (χ0v) is 10.9. The van der Waals surface area contributed by atoms with Gasteiger partial charge in [-0.15, -0.1) is 0 Å². The Labute approximate surface area is 109 Å². The first-order valence-corrected chi connectivity index (χ1v) is 6.89. The second-order valence-corrected chi connectivity index (χ2v) is 4.88. The van der Waals surface area contributed by atoms with Crippen LogP contribution in [0.2, 0.25) is 0 Å². The summed E-state index contributed by atoms with van der Waals surface area (Å²) >= 11 is 0. The molecule has 18 heavy (non-hydrogen) atoms. The maximum absolute atomic E-state index is 12.0. The number of carbonyl (C=O) groups excluding carboxylic acids is 1. The number of rotatable bonds is 4. The molecular weight excluding hydrogens is 224 g/mol. The van der Waals surface area contributed by atoms with Crippen LogP contribution in [0.15, 0.2) is 30.3 Å². The summed E-state index contributed by atoms with van der Waals surface area (Å²) in [6, 6.07) is 10.2. The third kappa shape index (κ3) is 4.15. The second-order valence-electron chi connectivity index (χ2n) is 4.88. The van der Waals surface area contributed by atoms with Gasteiger partial charge in [0.1, 0.15) is 0 Å². The highest BCUT2D eigenvalue weighted by atomic mass is 16.2. The molecule has 1 aromatic rings. The van der Waals surface area contributed by atoms with Crippen LogP contribution in [-0.2, 0) is 11.3 Å². The molecule has 3 nitrogen and oxygen atoms in total. The van der Waals surface area contributed by atoms with Crippen LogP contribution in [-0.4, -0.2) is 30.4 Å². The molecule has 98 valence electrons. The molecule has 1 saturated heterocycles. The number of carbonyl (C=O) groups is 1. The highest BCUT2D eigenvalue weighted by Crippen LogP contribution is 2.09. The minimum atomic E-state index is 0.243. The summed E-state index contributed by atoms with van der Waals surface area (Å²) < 4.78 is 0. The fourth-order valence-corrected chi connectivity index (χ4v) is 2.34. The molecule has 0 radical (unpaired) electrons. The Kier molecular flexibility index (Phi) is 5.21. The van der Waals surface area contributed by atoms with Gasteiger partial charge >= 0.3 is 0 Å². The van der Waals surface area contributed by atoms with Gasteiger partial charge in [-0.2, -0.15) is 0 Å². The Hall–Kier alpha value is -1.35. The average Bonchev–Trinajstić information content (AvgIpc) is 2.69. The van der Waals surface area contributed by atoms with E-state index in [1.807, 2.05) is 23.1 Å². The van der Waals surface area contributed by atoms with E-state index in [0.717, 1.165) is 32.5 Å². The monoisotopic (exact) mass is 246 g/mol. The molecule has 1 amide bonds. The Morgan fingerprint density at radius 3 is 2.39 bits per heavy atom. The molecule has 0 aromatic heterocycles. The summed E-state index contributed by atoms with van der Waals surface area (Å²) in [4.78, 5) is 14.0. The molecule has 1 heterocycles. The molecule has 0 spiro atoms. The number of amides is 1. The lowest BCUT2D eigenvalue weighted by Gasteiger charge is -2.20. The number of nitrogens with zero attached hydrogens (tertiary/aromatic N) is 1. The van der Waals surface area contributed by atoms with Gasteiger partial charge in [-0.05, 0) is 18.4 Å². The molecule has 2 rings (SSSR count). The molecule has 0 saturated carbocycles. The minimum Gasteiger partial charge on any atom is -0.342 e. The summed E-state index contributed by atoms with van der Waals surface area (Å²) in [5.41, 5.74) is 1.22. The molecule has 1 fully saturated rings. The Bertz CT molecular complexity index is 356. The van der Waals surface area contributed by atoms with E-state index in [0.29, 0.717) is 6.54 Å². The first-order chi connectivity index (χ1) is 8.86. The van der Waals surface area contributed by atoms with Gasteiger partial charge in [0.15, 0.2) is 0 Å². The van der Waals surface area contributed by atoms with Crippen LogP contribution < -0.4 is 5.32 Å². The number of nitrogens with one attached hydrogen (secondary N) is 1. The van der Waals surface area contributed by atoms with Crippen molar-refractivity contribution >= 4 is 5.91 Å². The van der Waals surface area contributed by atoms with Gasteiger partial charge in [0, 0.05) is 19.6 Å². The molecule has 3 heteroatoms. The maximum atomic E-state index is 12.0. The highest BCUT2D eigenvalue weighted by molar-refractivity contribution is 5.78. The largest absolute Gasteiger partial charge is 0.342 e. The molecule has 1 aliphatic heterocycles. The van der Waals surface area contributed by atoms with Crippen molar-refractivity contribution in [3.63, 3.8) is 0 Å². The highest BCUT2D eigenvalue weighted by Gasteiger charge is 2.14. The Morgan fingerprint density at radius 2 is 1.72 bits per heavy atom. The molecule has 0 unspecified atom stereocenters. The van der Waals surface area contributed by atoms with E-state index in [1.54, 1.807) is 0 Å². The molecule has 0 bridgehead atoms. The van der Waals surface area contributed by atoms with E-state index in [1.165, 1.54) is 18.4 Å². The summed E-state index contributed by atoms with van der Waals surface area (Å²) in [6.45, 7) is 3.09. The zero-order chi connectivity index (χ0) is 12.6. The molecule has 0 aliphatic carbocycles. The molecular formula is C15H22N2O. The van der Waals surface area contributed by atoms with Crippen molar-refractivity contribution in [1.82, 2.24) is 10.2 Å². The van der Waals surface area contributed by atoms with E-state index in [2.05, 4.69) is 17.4 Å². The maximum Gasteiger partial charge on any atom is 0.236 e. The number of likely N-dealkylation sites (tertiary alicyclic amines) is 1. The molecule has 0 atom stereocenters. The van der Waals surface area contributed by atoms with Crippen LogP contribution in [0, 0.1) is 0 Å².